The molecule has 0 saturated carbocycles. The van der Waals surface area contributed by atoms with Crippen molar-refractivity contribution >= 4 is 11.8 Å². The molecule has 0 radical (unpaired) electrons. The van der Waals surface area contributed by atoms with Crippen LogP contribution in [0, 0.1) is 0 Å². The number of hydrogen-bond donors (Lipinski definition) is 1. The molecule has 1 fully saturated rings. The molecule has 0 aliphatic carbocycles. The summed E-state index contributed by atoms with van der Waals surface area (Å²) in [6.45, 7) is 3.35. The van der Waals surface area contributed by atoms with E-state index in [1.165, 1.54) is 6.07 Å². The summed E-state index contributed by atoms with van der Waals surface area (Å²) >= 11 is 0. The maximum Gasteiger partial charge on any atom is 0.416 e. The van der Waals surface area contributed by atoms with E-state index in [1.54, 1.807) is 13.0 Å². The number of carbonyl (C=O) groups excluding carboxylic acids is 2. The maximum atomic E-state index is 13.8. The van der Waals surface area contributed by atoms with Crippen molar-refractivity contribution in [3.05, 3.63) is 89.2 Å². The average Bonchev–Trinajstić information content (AvgIpc) is 3.31. The lowest BCUT2D eigenvalue weighted by Crippen LogP contribution is -2.50. The summed E-state index contributed by atoms with van der Waals surface area (Å²) in [5.41, 5.74) is 2.54. The zero-order valence-electron chi connectivity index (χ0n) is 20.5. The molecule has 37 heavy (non-hydrogen) atoms. The maximum absolute atomic E-state index is 13.8. The number of piperidine rings is 1. The number of carbonyl (C=O) groups is 2. The number of para-hydroxylation sites is 1. The minimum absolute atomic E-state index is 0.0104. The number of benzene rings is 2. The van der Waals surface area contributed by atoms with Crippen molar-refractivity contribution in [2.75, 3.05) is 13.1 Å². The van der Waals surface area contributed by atoms with E-state index >= 15 is 0 Å². The third-order valence-electron chi connectivity index (χ3n) is 7.34. The molecular formula is C28H29F3N4O2. The highest BCUT2D eigenvalue weighted by molar-refractivity contribution is 5.83. The Hall–Kier alpha value is -3.59. The molecule has 9 heteroatoms. The first-order valence-corrected chi connectivity index (χ1v) is 12.4. The molecule has 0 spiro atoms. The molecule has 6 nitrogen and oxygen atoms in total. The van der Waals surface area contributed by atoms with Crippen LogP contribution in [0.15, 0.2) is 66.9 Å². The molecule has 1 unspecified atom stereocenters. The fraction of sp³-hybridized carbons (Fsp3) is 0.357. The lowest BCUT2D eigenvalue weighted by atomic mass is 9.98. The largest absolute Gasteiger partial charge is 0.416 e. The van der Waals surface area contributed by atoms with Gasteiger partial charge in [0.25, 0.3) is 0 Å². The standard InChI is InChI=1S/C28H29F3N4O2/c1-19(36)33-14-11-23(12-15-33)35-18-21-7-2-3-9-24(21)34-13-5-10-25(34)26(35)27(37)32-17-20-6-4-8-22(16-20)28(29,30)31/h2-10,13,16,23,26H,11-12,14-15,17-18H2,1H3,(H,32,37). The van der Waals surface area contributed by atoms with Crippen molar-refractivity contribution in [3.63, 3.8) is 0 Å². The molecular weight excluding hydrogens is 481 g/mol. The van der Waals surface area contributed by atoms with Crippen LogP contribution < -0.4 is 5.32 Å². The molecule has 1 aromatic heterocycles. The second-order valence-electron chi connectivity index (χ2n) is 9.66. The smallest absolute Gasteiger partial charge is 0.350 e. The van der Waals surface area contributed by atoms with Gasteiger partial charge in [-0.1, -0.05) is 30.3 Å². The van der Waals surface area contributed by atoms with Gasteiger partial charge in [-0.2, -0.15) is 13.2 Å². The summed E-state index contributed by atoms with van der Waals surface area (Å²) in [6.07, 6.45) is -1.04. The molecule has 3 heterocycles. The number of halogens is 3. The summed E-state index contributed by atoms with van der Waals surface area (Å²) in [5, 5.41) is 2.90. The predicted molar refractivity (Wildman–Crippen MR) is 133 cm³/mol. The number of likely N-dealkylation sites (tertiary alicyclic amines) is 1. The van der Waals surface area contributed by atoms with Crippen LogP contribution in [0.4, 0.5) is 13.2 Å². The van der Waals surface area contributed by atoms with E-state index in [1.807, 2.05) is 46.0 Å². The van der Waals surface area contributed by atoms with E-state index in [0.717, 1.165) is 41.9 Å². The molecule has 1 atom stereocenters. The van der Waals surface area contributed by atoms with Crippen molar-refractivity contribution in [3.8, 4) is 5.69 Å². The first kappa shape index (κ1) is 25.1. The molecule has 2 aromatic carbocycles. The summed E-state index contributed by atoms with van der Waals surface area (Å²) in [4.78, 5) is 29.7. The minimum atomic E-state index is -4.44. The van der Waals surface area contributed by atoms with Crippen molar-refractivity contribution in [1.82, 2.24) is 19.7 Å². The number of nitrogens with zero attached hydrogens (tertiary/aromatic N) is 3. The van der Waals surface area contributed by atoms with Gasteiger partial charge in [-0.15, -0.1) is 0 Å². The molecule has 0 bridgehead atoms. The van der Waals surface area contributed by atoms with Gasteiger partial charge in [-0.25, -0.2) is 0 Å². The van der Waals surface area contributed by atoms with E-state index in [-0.39, 0.29) is 24.4 Å². The molecule has 1 saturated heterocycles. The average molecular weight is 511 g/mol. The molecule has 2 aliphatic rings. The topological polar surface area (TPSA) is 57.6 Å². The van der Waals surface area contributed by atoms with Crippen LogP contribution in [0.2, 0.25) is 0 Å². The zero-order chi connectivity index (χ0) is 26.2. The van der Waals surface area contributed by atoms with Gasteiger partial charge < -0.3 is 14.8 Å². The second-order valence-corrected chi connectivity index (χ2v) is 9.66. The van der Waals surface area contributed by atoms with Gasteiger partial charge in [0.15, 0.2) is 0 Å². The van der Waals surface area contributed by atoms with E-state index in [2.05, 4.69) is 16.3 Å². The Morgan fingerprint density at radius 3 is 2.49 bits per heavy atom. The van der Waals surface area contributed by atoms with Crippen LogP contribution in [0.3, 0.4) is 0 Å². The van der Waals surface area contributed by atoms with Gasteiger partial charge >= 0.3 is 6.18 Å². The lowest BCUT2D eigenvalue weighted by molar-refractivity contribution is -0.137. The normalized spacial score (nSPS) is 18.6. The number of aromatic nitrogens is 1. The first-order chi connectivity index (χ1) is 17.7. The zero-order valence-corrected chi connectivity index (χ0v) is 20.5. The first-order valence-electron chi connectivity index (χ1n) is 12.4. The lowest BCUT2D eigenvalue weighted by Gasteiger charge is -2.41. The van der Waals surface area contributed by atoms with Gasteiger partial charge in [-0.3, -0.25) is 14.5 Å². The van der Waals surface area contributed by atoms with Crippen molar-refractivity contribution in [2.45, 2.75) is 51.1 Å². The summed E-state index contributed by atoms with van der Waals surface area (Å²) < 4.78 is 41.5. The van der Waals surface area contributed by atoms with Crippen LogP contribution >= 0.6 is 0 Å². The Bertz CT molecular complexity index is 1290. The molecule has 1 N–H and O–H groups in total. The molecule has 2 amide bonds. The molecule has 5 rings (SSSR count). The van der Waals surface area contributed by atoms with Crippen LogP contribution in [0.5, 0.6) is 0 Å². The number of hydrogen-bond acceptors (Lipinski definition) is 3. The number of fused-ring (bicyclic) bond motifs is 3. The Kier molecular flexibility index (Phi) is 6.81. The quantitative estimate of drug-likeness (QED) is 0.555. The minimum Gasteiger partial charge on any atom is -0.350 e. The van der Waals surface area contributed by atoms with Crippen LogP contribution in [0.25, 0.3) is 5.69 Å². The number of amides is 2. The fourth-order valence-corrected chi connectivity index (χ4v) is 5.45. The summed E-state index contributed by atoms with van der Waals surface area (Å²) in [7, 11) is 0. The van der Waals surface area contributed by atoms with Gasteiger partial charge in [-0.05, 0) is 54.3 Å². The predicted octanol–water partition coefficient (Wildman–Crippen LogP) is 4.68. The van der Waals surface area contributed by atoms with Crippen LogP contribution in [-0.2, 0) is 28.9 Å². The number of nitrogens with one attached hydrogen (secondary N) is 1. The van der Waals surface area contributed by atoms with E-state index in [0.29, 0.717) is 25.2 Å². The number of rotatable bonds is 4. The summed E-state index contributed by atoms with van der Waals surface area (Å²) in [6, 6.07) is 16.3. The highest BCUT2D eigenvalue weighted by atomic mass is 19.4. The van der Waals surface area contributed by atoms with Gasteiger partial charge in [0, 0.05) is 56.7 Å². The molecule has 2 aliphatic heterocycles. The SMILES string of the molecule is CC(=O)N1CCC(N2Cc3ccccc3-n3cccc3C2C(=O)NCc2cccc(C(F)(F)F)c2)CC1. The van der Waals surface area contributed by atoms with Gasteiger partial charge in [0.1, 0.15) is 6.04 Å². The third kappa shape index (κ3) is 5.13. The Labute approximate surface area is 213 Å². The van der Waals surface area contributed by atoms with Crippen molar-refractivity contribution < 1.29 is 22.8 Å². The second kappa shape index (κ2) is 10.0. The Balaban J connectivity index is 1.45. The fourth-order valence-electron chi connectivity index (χ4n) is 5.45. The van der Waals surface area contributed by atoms with Crippen LogP contribution in [0.1, 0.15) is 48.2 Å². The van der Waals surface area contributed by atoms with Gasteiger partial charge in [0.05, 0.1) is 5.56 Å². The van der Waals surface area contributed by atoms with Gasteiger partial charge in [0.2, 0.25) is 11.8 Å². The van der Waals surface area contributed by atoms with E-state index in [4.69, 9.17) is 0 Å². The summed E-state index contributed by atoms with van der Waals surface area (Å²) in [5.74, 6) is -0.219. The Morgan fingerprint density at radius 1 is 1.00 bits per heavy atom. The van der Waals surface area contributed by atoms with Crippen LogP contribution in [-0.4, -0.2) is 45.3 Å². The highest BCUT2D eigenvalue weighted by Gasteiger charge is 2.39. The Morgan fingerprint density at radius 2 is 1.76 bits per heavy atom. The van der Waals surface area contributed by atoms with Crippen molar-refractivity contribution in [2.24, 2.45) is 0 Å². The highest BCUT2D eigenvalue weighted by Crippen LogP contribution is 2.36. The molecule has 194 valence electrons. The number of alkyl halides is 3. The van der Waals surface area contributed by atoms with Crippen molar-refractivity contribution in [1.29, 1.82) is 0 Å². The van der Waals surface area contributed by atoms with E-state index in [9.17, 15) is 22.8 Å². The molecule has 3 aromatic rings. The third-order valence-corrected chi connectivity index (χ3v) is 7.34. The monoisotopic (exact) mass is 510 g/mol. The van der Waals surface area contributed by atoms with E-state index < -0.39 is 17.8 Å².